The van der Waals surface area contributed by atoms with Gasteiger partial charge in [0.15, 0.2) is 5.69 Å². The maximum absolute atomic E-state index is 11.8. The van der Waals surface area contributed by atoms with Crippen LogP contribution in [-0.2, 0) is 11.3 Å². The number of amides is 1. The van der Waals surface area contributed by atoms with E-state index in [4.69, 9.17) is 5.11 Å². The summed E-state index contributed by atoms with van der Waals surface area (Å²) in [6, 6.07) is 0. The molecule has 1 aromatic heterocycles. The van der Waals surface area contributed by atoms with Gasteiger partial charge in [0.05, 0.1) is 6.54 Å². The molecule has 0 radical (unpaired) electrons. The molecule has 1 atom stereocenters. The SMILES string of the molecule is O=C(O)c1csc(CNC(=O)C2CC=CCC2)n1. The Morgan fingerprint density at radius 2 is 2.33 bits per heavy atom. The molecule has 0 bridgehead atoms. The van der Waals surface area contributed by atoms with Crippen LogP contribution < -0.4 is 5.32 Å². The lowest BCUT2D eigenvalue weighted by Gasteiger charge is -2.16. The summed E-state index contributed by atoms with van der Waals surface area (Å²) in [7, 11) is 0. The molecule has 0 saturated carbocycles. The maximum Gasteiger partial charge on any atom is 0.355 e. The monoisotopic (exact) mass is 266 g/mol. The highest BCUT2D eigenvalue weighted by molar-refractivity contribution is 7.09. The fourth-order valence-electron chi connectivity index (χ4n) is 1.83. The summed E-state index contributed by atoms with van der Waals surface area (Å²) in [6.07, 6.45) is 6.71. The Hall–Kier alpha value is -1.69. The van der Waals surface area contributed by atoms with Crippen molar-refractivity contribution in [1.29, 1.82) is 0 Å². The molecule has 0 aromatic carbocycles. The minimum atomic E-state index is -1.04. The van der Waals surface area contributed by atoms with Gasteiger partial charge in [0.25, 0.3) is 0 Å². The molecule has 1 aliphatic carbocycles. The minimum Gasteiger partial charge on any atom is -0.476 e. The number of carbonyl (C=O) groups is 2. The highest BCUT2D eigenvalue weighted by Gasteiger charge is 2.18. The molecule has 0 spiro atoms. The fourth-order valence-corrected chi connectivity index (χ4v) is 2.54. The lowest BCUT2D eigenvalue weighted by molar-refractivity contribution is -0.125. The van der Waals surface area contributed by atoms with Gasteiger partial charge in [0, 0.05) is 11.3 Å². The molecule has 2 rings (SSSR count). The Morgan fingerprint density at radius 3 is 2.94 bits per heavy atom. The number of allylic oxidation sites excluding steroid dienone is 2. The van der Waals surface area contributed by atoms with Crippen LogP contribution in [0.5, 0.6) is 0 Å². The van der Waals surface area contributed by atoms with Crippen LogP contribution in [0.2, 0.25) is 0 Å². The second-order valence-corrected chi connectivity index (χ2v) is 5.07. The third-order valence-electron chi connectivity index (χ3n) is 2.82. The van der Waals surface area contributed by atoms with Gasteiger partial charge in [0.1, 0.15) is 5.01 Å². The highest BCUT2D eigenvalue weighted by Crippen LogP contribution is 2.18. The average Bonchev–Trinajstić information content (AvgIpc) is 2.86. The van der Waals surface area contributed by atoms with E-state index in [0.717, 1.165) is 19.3 Å². The summed E-state index contributed by atoms with van der Waals surface area (Å²) in [6.45, 7) is 0.303. The number of nitrogens with zero attached hydrogens (tertiary/aromatic N) is 1. The fraction of sp³-hybridized carbons (Fsp3) is 0.417. The molecule has 6 heteroatoms. The van der Waals surface area contributed by atoms with E-state index in [0.29, 0.717) is 11.6 Å². The second-order valence-electron chi connectivity index (χ2n) is 4.13. The molecular formula is C12H14N2O3S. The van der Waals surface area contributed by atoms with Gasteiger partial charge < -0.3 is 10.4 Å². The molecule has 1 amide bonds. The quantitative estimate of drug-likeness (QED) is 0.815. The number of hydrogen-bond acceptors (Lipinski definition) is 4. The summed E-state index contributed by atoms with van der Waals surface area (Å²) >= 11 is 1.25. The third kappa shape index (κ3) is 3.16. The number of carboxylic acids is 1. The number of carboxylic acid groups (broad SMARTS) is 1. The number of carbonyl (C=O) groups excluding carboxylic acids is 1. The first-order valence-electron chi connectivity index (χ1n) is 5.77. The summed E-state index contributed by atoms with van der Waals surface area (Å²) in [5.74, 6) is -0.985. The Bertz CT molecular complexity index is 481. The molecule has 2 N–H and O–H groups in total. The van der Waals surface area contributed by atoms with Crippen molar-refractivity contribution < 1.29 is 14.7 Å². The van der Waals surface area contributed by atoms with Crippen molar-refractivity contribution in [3.63, 3.8) is 0 Å². The smallest absolute Gasteiger partial charge is 0.355 e. The van der Waals surface area contributed by atoms with Gasteiger partial charge in [-0.05, 0) is 19.3 Å². The van der Waals surface area contributed by atoms with Gasteiger partial charge in [-0.25, -0.2) is 9.78 Å². The van der Waals surface area contributed by atoms with Crippen LogP contribution in [0.1, 0.15) is 34.8 Å². The minimum absolute atomic E-state index is 0.0198. The van der Waals surface area contributed by atoms with E-state index in [2.05, 4.69) is 16.4 Å². The number of thiazole rings is 1. The molecule has 1 aliphatic rings. The van der Waals surface area contributed by atoms with Crippen molar-refractivity contribution >= 4 is 23.2 Å². The van der Waals surface area contributed by atoms with Crippen LogP contribution in [0.25, 0.3) is 0 Å². The van der Waals surface area contributed by atoms with Crippen LogP contribution in [0.3, 0.4) is 0 Å². The molecule has 1 aromatic rings. The summed E-state index contributed by atoms with van der Waals surface area (Å²) < 4.78 is 0. The molecular weight excluding hydrogens is 252 g/mol. The number of hydrogen-bond donors (Lipinski definition) is 2. The Kier molecular flexibility index (Phi) is 4.09. The standard InChI is InChI=1S/C12H14N2O3S/c15-11(8-4-2-1-3-5-8)13-6-10-14-9(7-18-10)12(16)17/h1-2,7-8H,3-6H2,(H,13,15)(H,16,17). The second kappa shape index (κ2) is 5.77. The van der Waals surface area contributed by atoms with Gasteiger partial charge in [-0.2, -0.15) is 0 Å². The van der Waals surface area contributed by atoms with E-state index in [1.165, 1.54) is 16.7 Å². The van der Waals surface area contributed by atoms with Crippen molar-refractivity contribution in [3.05, 3.63) is 28.2 Å². The van der Waals surface area contributed by atoms with Gasteiger partial charge >= 0.3 is 5.97 Å². The molecule has 96 valence electrons. The molecule has 0 saturated heterocycles. The van der Waals surface area contributed by atoms with Crippen molar-refractivity contribution in [2.75, 3.05) is 0 Å². The molecule has 0 fully saturated rings. The Balaban J connectivity index is 1.85. The van der Waals surface area contributed by atoms with Gasteiger partial charge in [0.2, 0.25) is 5.91 Å². The van der Waals surface area contributed by atoms with Crippen LogP contribution >= 0.6 is 11.3 Å². The molecule has 1 unspecified atom stereocenters. The van der Waals surface area contributed by atoms with Gasteiger partial charge in [-0.3, -0.25) is 4.79 Å². The number of rotatable bonds is 4. The maximum atomic E-state index is 11.8. The number of aromatic carboxylic acids is 1. The lowest BCUT2D eigenvalue weighted by Crippen LogP contribution is -2.30. The number of aromatic nitrogens is 1. The van der Waals surface area contributed by atoms with Crippen molar-refractivity contribution in [2.24, 2.45) is 5.92 Å². The van der Waals surface area contributed by atoms with E-state index >= 15 is 0 Å². The largest absolute Gasteiger partial charge is 0.476 e. The van der Waals surface area contributed by atoms with Gasteiger partial charge in [-0.1, -0.05) is 12.2 Å². The first-order chi connectivity index (χ1) is 8.66. The third-order valence-corrected chi connectivity index (χ3v) is 3.67. The summed E-state index contributed by atoms with van der Waals surface area (Å²) in [4.78, 5) is 26.4. The molecule has 0 aliphatic heterocycles. The normalized spacial score (nSPS) is 18.6. The molecule has 18 heavy (non-hydrogen) atoms. The zero-order valence-electron chi connectivity index (χ0n) is 9.76. The topological polar surface area (TPSA) is 79.3 Å². The zero-order chi connectivity index (χ0) is 13.0. The first kappa shape index (κ1) is 12.8. The van der Waals surface area contributed by atoms with Crippen LogP contribution in [-0.4, -0.2) is 22.0 Å². The number of nitrogens with one attached hydrogen (secondary N) is 1. The van der Waals surface area contributed by atoms with Crippen molar-refractivity contribution in [3.8, 4) is 0 Å². The van der Waals surface area contributed by atoms with E-state index in [9.17, 15) is 9.59 Å². The predicted octanol–water partition coefficient (Wildman–Crippen LogP) is 1.81. The van der Waals surface area contributed by atoms with E-state index < -0.39 is 5.97 Å². The van der Waals surface area contributed by atoms with E-state index in [1.54, 1.807) is 0 Å². The Morgan fingerprint density at radius 1 is 1.50 bits per heavy atom. The summed E-state index contributed by atoms with van der Waals surface area (Å²) in [5, 5.41) is 13.6. The van der Waals surface area contributed by atoms with Crippen molar-refractivity contribution in [2.45, 2.75) is 25.8 Å². The van der Waals surface area contributed by atoms with Crippen LogP contribution in [0.4, 0.5) is 0 Å². The first-order valence-corrected chi connectivity index (χ1v) is 6.65. The molecule has 1 heterocycles. The van der Waals surface area contributed by atoms with Crippen molar-refractivity contribution in [1.82, 2.24) is 10.3 Å². The highest BCUT2D eigenvalue weighted by atomic mass is 32.1. The van der Waals surface area contributed by atoms with E-state index in [1.807, 2.05) is 6.08 Å². The molecule has 5 nitrogen and oxygen atoms in total. The average molecular weight is 266 g/mol. The van der Waals surface area contributed by atoms with Crippen LogP contribution in [0, 0.1) is 5.92 Å². The summed E-state index contributed by atoms with van der Waals surface area (Å²) in [5.41, 5.74) is 0.0323. The Labute approximate surface area is 109 Å². The lowest BCUT2D eigenvalue weighted by atomic mass is 9.94. The zero-order valence-corrected chi connectivity index (χ0v) is 10.6. The van der Waals surface area contributed by atoms with Crippen LogP contribution in [0.15, 0.2) is 17.5 Å². The van der Waals surface area contributed by atoms with E-state index in [-0.39, 0.29) is 17.5 Å². The predicted molar refractivity (Wildman–Crippen MR) is 67.4 cm³/mol. The van der Waals surface area contributed by atoms with Gasteiger partial charge in [-0.15, -0.1) is 11.3 Å².